The van der Waals surface area contributed by atoms with E-state index in [-0.39, 0.29) is 12.0 Å². The first-order chi connectivity index (χ1) is 12.1. The summed E-state index contributed by atoms with van der Waals surface area (Å²) < 4.78 is 1.92. The number of hydrogen-bond donors (Lipinski definition) is 4. The number of amides is 1. The first kappa shape index (κ1) is 15.6. The van der Waals surface area contributed by atoms with E-state index in [1.165, 1.54) is 0 Å². The molecule has 3 aromatic rings. The number of nitrogens with one attached hydrogen (secondary N) is 1. The molecule has 4 rings (SSSR count). The van der Waals surface area contributed by atoms with Crippen molar-refractivity contribution < 1.29 is 15.1 Å². The summed E-state index contributed by atoms with van der Waals surface area (Å²) in [7, 11) is 0. The predicted octanol–water partition coefficient (Wildman–Crippen LogP) is 1.34. The van der Waals surface area contributed by atoms with Crippen LogP contribution in [0.3, 0.4) is 0 Å². The molecule has 2 aromatic heterocycles. The van der Waals surface area contributed by atoms with Gasteiger partial charge in [-0.2, -0.15) is 0 Å². The van der Waals surface area contributed by atoms with E-state index in [0.717, 1.165) is 11.4 Å². The molecule has 8 nitrogen and oxygen atoms in total. The van der Waals surface area contributed by atoms with Crippen LogP contribution in [-0.4, -0.2) is 36.7 Å². The van der Waals surface area contributed by atoms with Gasteiger partial charge in [-0.1, -0.05) is 12.1 Å². The summed E-state index contributed by atoms with van der Waals surface area (Å²) in [5.41, 5.74) is 10.2. The Hall–Kier alpha value is -2.97. The number of benzene rings is 1. The van der Waals surface area contributed by atoms with E-state index >= 15 is 0 Å². The Morgan fingerprint density at radius 3 is 2.64 bits per heavy atom. The van der Waals surface area contributed by atoms with Gasteiger partial charge in [-0.15, -0.1) is 0 Å². The van der Waals surface area contributed by atoms with Crippen molar-refractivity contribution in [1.82, 2.24) is 19.8 Å². The lowest BCUT2D eigenvalue weighted by atomic mass is 9.82. The second-order valence-corrected chi connectivity index (χ2v) is 6.19. The number of hydroxylamine groups is 1. The molecule has 0 atom stereocenters. The number of fused-ring (bicyclic) bond motifs is 1. The third-order valence-electron chi connectivity index (χ3n) is 4.61. The van der Waals surface area contributed by atoms with Gasteiger partial charge in [0.25, 0.3) is 5.91 Å². The second kappa shape index (κ2) is 5.83. The first-order valence-corrected chi connectivity index (χ1v) is 7.94. The zero-order valence-corrected chi connectivity index (χ0v) is 13.3. The van der Waals surface area contributed by atoms with Gasteiger partial charge in [0, 0.05) is 29.4 Å². The molecule has 0 radical (unpaired) electrons. The molecule has 1 aromatic carbocycles. The van der Waals surface area contributed by atoms with Crippen molar-refractivity contribution in [2.24, 2.45) is 0 Å². The summed E-state index contributed by atoms with van der Waals surface area (Å²) in [5.74, 6) is 0.818. The summed E-state index contributed by atoms with van der Waals surface area (Å²) in [5, 5.41) is 18.3. The highest BCUT2D eigenvalue weighted by molar-refractivity contribution is 5.94. The van der Waals surface area contributed by atoms with E-state index in [0.29, 0.717) is 35.4 Å². The molecule has 0 unspecified atom stereocenters. The number of aliphatic hydroxyl groups excluding tert-OH is 1. The average Bonchev–Trinajstić information content (AvgIpc) is 2.99. The molecule has 25 heavy (non-hydrogen) atoms. The number of aromatic nitrogens is 3. The van der Waals surface area contributed by atoms with Crippen LogP contribution in [0.15, 0.2) is 36.7 Å². The van der Waals surface area contributed by atoms with E-state index in [9.17, 15) is 9.90 Å². The molecular weight excluding hydrogens is 322 g/mol. The Kier molecular flexibility index (Phi) is 3.63. The van der Waals surface area contributed by atoms with Gasteiger partial charge in [-0.25, -0.2) is 15.4 Å². The van der Waals surface area contributed by atoms with E-state index in [2.05, 4.69) is 4.98 Å². The van der Waals surface area contributed by atoms with Crippen molar-refractivity contribution in [1.29, 1.82) is 0 Å². The maximum Gasteiger partial charge on any atom is 0.274 e. The first-order valence-electron chi connectivity index (χ1n) is 7.94. The van der Waals surface area contributed by atoms with Gasteiger partial charge in [0.05, 0.1) is 6.10 Å². The molecule has 1 saturated carbocycles. The summed E-state index contributed by atoms with van der Waals surface area (Å²) in [6.45, 7) is 0. The topological polar surface area (TPSA) is 126 Å². The molecule has 0 aliphatic heterocycles. The SMILES string of the molecule is Nc1nccn2c(C3CC(O)C3)nc(-c3ccc(C(=O)NO)cc3)c12. The maximum absolute atomic E-state index is 11.5. The minimum Gasteiger partial charge on any atom is -0.393 e. The average molecular weight is 339 g/mol. The number of nitrogens with two attached hydrogens (primary N) is 1. The zero-order chi connectivity index (χ0) is 17.6. The second-order valence-electron chi connectivity index (χ2n) is 6.19. The number of carbonyl (C=O) groups is 1. The molecule has 5 N–H and O–H groups in total. The minimum atomic E-state index is -0.577. The predicted molar refractivity (Wildman–Crippen MR) is 90.1 cm³/mol. The standard InChI is InChI=1S/C17H17N5O3/c18-15-14-13(9-1-3-10(4-2-9)17(24)21-25)20-16(11-7-12(23)8-11)22(14)6-5-19-15/h1-6,11-12,23,25H,7-8H2,(H2,18,19)(H,21,24). The smallest absolute Gasteiger partial charge is 0.274 e. The van der Waals surface area contributed by atoms with Gasteiger partial charge in [0.15, 0.2) is 0 Å². The maximum atomic E-state index is 11.5. The molecule has 0 spiro atoms. The van der Waals surface area contributed by atoms with E-state index < -0.39 is 5.91 Å². The zero-order valence-electron chi connectivity index (χ0n) is 13.3. The van der Waals surface area contributed by atoms with Crippen molar-refractivity contribution in [2.75, 3.05) is 5.73 Å². The van der Waals surface area contributed by atoms with Gasteiger partial charge >= 0.3 is 0 Å². The summed E-state index contributed by atoms with van der Waals surface area (Å²) in [6.07, 6.45) is 4.51. The Morgan fingerprint density at radius 1 is 1.28 bits per heavy atom. The van der Waals surface area contributed by atoms with Crippen molar-refractivity contribution in [3.8, 4) is 11.3 Å². The fourth-order valence-corrected chi connectivity index (χ4v) is 3.22. The van der Waals surface area contributed by atoms with Crippen LogP contribution in [-0.2, 0) is 0 Å². The lowest BCUT2D eigenvalue weighted by Crippen LogP contribution is -2.27. The van der Waals surface area contributed by atoms with Crippen LogP contribution in [0.5, 0.6) is 0 Å². The Balaban J connectivity index is 1.83. The number of anilines is 1. The van der Waals surface area contributed by atoms with E-state index in [1.54, 1.807) is 35.9 Å². The number of nitrogens with zero attached hydrogens (tertiary/aromatic N) is 3. The van der Waals surface area contributed by atoms with E-state index in [4.69, 9.17) is 15.9 Å². The lowest BCUT2D eigenvalue weighted by molar-refractivity contribution is 0.0705. The molecule has 1 amide bonds. The van der Waals surface area contributed by atoms with Crippen LogP contribution in [0.2, 0.25) is 0 Å². The Bertz CT molecular complexity index is 945. The molecule has 8 heteroatoms. The van der Waals surface area contributed by atoms with Crippen molar-refractivity contribution in [2.45, 2.75) is 24.9 Å². The monoisotopic (exact) mass is 339 g/mol. The highest BCUT2D eigenvalue weighted by Crippen LogP contribution is 2.39. The third-order valence-corrected chi connectivity index (χ3v) is 4.61. The fraction of sp³-hybridized carbons (Fsp3) is 0.235. The molecule has 0 saturated heterocycles. The molecule has 0 bridgehead atoms. The van der Waals surface area contributed by atoms with Gasteiger partial charge in [0.2, 0.25) is 0 Å². The Labute approximate surface area is 142 Å². The normalized spacial score (nSPS) is 19.6. The summed E-state index contributed by atoms with van der Waals surface area (Å²) >= 11 is 0. The van der Waals surface area contributed by atoms with Gasteiger partial charge in [0.1, 0.15) is 22.9 Å². The largest absolute Gasteiger partial charge is 0.393 e. The summed E-state index contributed by atoms with van der Waals surface area (Å²) in [4.78, 5) is 20.4. The number of nitrogen functional groups attached to an aromatic ring is 1. The number of aliphatic hydroxyl groups is 1. The number of hydrogen-bond acceptors (Lipinski definition) is 6. The number of rotatable bonds is 3. The van der Waals surface area contributed by atoms with Crippen LogP contribution in [0.25, 0.3) is 16.8 Å². The number of imidazole rings is 1. The lowest BCUT2D eigenvalue weighted by Gasteiger charge is -2.30. The summed E-state index contributed by atoms with van der Waals surface area (Å²) in [6, 6.07) is 6.70. The van der Waals surface area contributed by atoms with Gasteiger partial charge in [-0.05, 0) is 25.0 Å². The molecule has 1 aliphatic rings. The molecular formula is C17H17N5O3. The molecule has 1 aliphatic carbocycles. The fourth-order valence-electron chi connectivity index (χ4n) is 3.22. The van der Waals surface area contributed by atoms with Crippen LogP contribution in [0.4, 0.5) is 5.82 Å². The highest BCUT2D eigenvalue weighted by atomic mass is 16.5. The quantitative estimate of drug-likeness (QED) is 0.421. The van der Waals surface area contributed by atoms with Crippen molar-refractivity contribution in [3.05, 3.63) is 48.0 Å². The van der Waals surface area contributed by atoms with Crippen LogP contribution >= 0.6 is 0 Å². The molecule has 128 valence electrons. The highest BCUT2D eigenvalue weighted by Gasteiger charge is 2.33. The molecule has 2 heterocycles. The van der Waals surface area contributed by atoms with Crippen LogP contribution in [0.1, 0.15) is 34.9 Å². The van der Waals surface area contributed by atoms with E-state index in [1.807, 2.05) is 10.6 Å². The third kappa shape index (κ3) is 2.51. The van der Waals surface area contributed by atoms with Crippen molar-refractivity contribution in [3.63, 3.8) is 0 Å². The van der Waals surface area contributed by atoms with Crippen molar-refractivity contribution >= 4 is 17.2 Å². The van der Waals surface area contributed by atoms with Crippen LogP contribution < -0.4 is 11.2 Å². The number of carbonyl (C=O) groups excluding carboxylic acids is 1. The van der Waals surface area contributed by atoms with Gasteiger partial charge < -0.3 is 10.8 Å². The Morgan fingerprint density at radius 2 is 2.00 bits per heavy atom. The van der Waals surface area contributed by atoms with Crippen LogP contribution in [0, 0.1) is 0 Å². The van der Waals surface area contributed by atoms with Gasteiger partial charge in [-0.3, -0.25) is 14.4 Å². The molecule has 1 fully saturated rings. The minimum absolute atomic E-state index is 0.178.